The number of benzene rings is 1. The van der Waals surface area contributed by atoms with Crippen LogP contribution in [0.25, 0.3) is 0 Å². The van der Waals surface area contributed by atoms with E-state index in [0.717, 1.165) is 10.9 Å². The molecule has 0 saturated heterocycles. The van der Waals surface area contributed by atoms with Gasteiger partial charge in [0, 0.05) is 10.9 Å². The van der Waals surface area contributed by atoms with E-state index in [2.05, 4.69) is 47.0 Å². The van der Waals surface area contributed by atoms with Crippen LogP contribution in [0.3, 0.4) is 0 Å². The fourth-order valence-electron chi connectivity index (χ4n) is 1.64. The molecule has 0 aromatic heterocycles. The second-order valence-electron chi connectivity index (χ2n) is 3.45. The molecule has 0 bridgehead atoms. The lowest BCUT2D eigenvalue weighted by Crippen LogP contribution is -1.97. The Kier molecular flexibility index (Phi) is 4.76. The van der Waals surface area contributed by atoms with Crippen molar-refractivity contribution < 1.29 is 0 Å². The minimum Gasteiger partial charge on any atom is -0.120 e. The summed E-state index contributed by atoms with van der Waals surface area (Å²) in [5.74, 6) is 3.27. The zero-order valence-electron chi connectivity index (χ0n) is 8.46. The van der Waals surface area contributed by atoms with Gasteiger partial charge in [-0.2, -0.15) is 0 Å². The topological polar surface area (TPSA) is 0 Å². The van der Waals surface area contributed by atoms with Gasteiger partial charge in [-0.3, -0.25) is 0 Å². The zero-order valence-corrected chi connectivity index (χ0v) is 10.0. The van der Waals surface area contributed by atoms with Gasteiger partial charge in [0.2, 0.25) is 0 Å². The summed E-state index contributed by atoms with van der Waals surface area (Å²) in [5, 5.41) is 0. The molecule has 1 aromatic carbocycles. The highest BCUT2D eigenvalue weighted by atomic mass is 79.9. The minimum absolute atomic E-state index is 0.516. The molecule has 0 radical (unpaired) electrons. The molecular weight excluding hydrogens is 236 g/mol. The van der Waals surface area contributed by atoms with E-state index in [-0.39, 0.29) is 0 Å². The summed E-state index contributed by atoms with van der Waals surface area (Å²) in [5.41, 5.74) is 1.35. The van der Waals surface area contributed by atoms with Crippen LogP contribution in [0.15, 0.2) is 28.7 Å². The van der Waals surface area contributed by atoms with Gasteiger partial charge in [-0.05, 0) is 30.0 Å². The molecule has 0 aliphatic carbocycles. The first-order chi connectivity index (χ1) is 6.77. The van der Waals surface area contributed by atoms with E-state index in [1.54, 1.807) is 0 Å². The molecule has 0 amide bonds. The Morgan fingerprint density at radius 2 is 2.29 bits per heavy atom. The van der Waals surface area contributed by atoms with Crippen LogP contribution in [0.4, 0.5) is 0 Å². The lowest BCUT2D eigenvalue weighted by Gasteiger charge is -2.13. The molecule has 0 aliphatic heterocycles. The van der Waals surface area contributed by atoms with Gasteiger partial charge in [0.25, 0.3) is 0 Å². The summed E-state index contributed by atoms with van der Waals surface area (Å²) in [6.07, 6.45) is 8.56. The lowest BCUT2D eigenvalue weighted by atomic mass is 9.92. The Morgan fingerprint density at radius 3 is 2.86 bits per heavy atom. The third kappa shape index (κ3) is 3.20. The van der Waals surface area contributed by atoms with Crippen molar-refractivity contribution in [1.29, 1.82) is 0 Å². The van der Waals surface area contributed by atoms with Crippen molar-refractivity contribution in [2.75, 3.05) is 0 Å². The Morgan fingerprint density at radius 1 is 1.50 bits per heavy atom. The molecular formula is C13H15Br. The highest BCUT2D eigenvalue weighted by Crippen LogP contribution is 2.26. The van der Waals surface area contributed by atoms with Crippen LogP contribution in [0, 0.1) is 12.3 Å². The second-order valence-corrected chi connectivity index (χ2v) is 4.36. The fourth-order valence-corrected chi connectivity index (χ4v) is 2.05. The smallest absolute Gasteiger partial charge is 0.0178 e. The Hall–Kier alpha value is -0.740. The van der Waals surface area contributed by atoms with Gasteiger partial charge >= 0.3 is 0 Å². The van der Waals surface area contributed by atoms with Crippen LogP contribution in [0.2, 0.25) is 0 Å². The van der Waals surface area contributed by atoms with Gasteiger partial charge in [0.1, 0.15) is 0 Å². The molecule has 0 heterocycles. The predicted molar refractivity (Wildman–Crippen MR) is 65.2 cm³/mol. The molecule has 1 aromatic rings. The van der Waals surface area contributed by atoms with Crippen LogP contribution in [-0.4, -0.2) is 0 Å². The Bertz CT molecular complexity index is 322. The summed E-state index contributed by atoms with van der Waals surface area (Å²) >= 11 is 3.48. The summed E-state index contributed by atoms with van der Waals surface area (Å²) < 4.78 is 1.13. The fraction of sp³-hybridized carbons (Fsp3) is 0.385. The van der Waals surface area contributed by atoms with Crippen molar-refractivity contribution >= 4 is 15.9 Å². The van der Waals surface area contributed by atoms with Crippen molar-refractivity contribution in [1.82, 2.24) is 0 Å². The largest absolute Gasteiger partial charge is 0.120 e. The van der Waals surface area contributed by atoms with E-state index in [1.807, 2.05) is 6.07 Å². The molecule has 0 nitrogen and oxygen atoms in total. The zero-order chi connectivity index (χ0) is 10.4. The number of rotatable bonds is 4. The van der Waals surface area contributed by atoms with Crippen molar-refractivity contribution in [3.05, 3.63) is 34.3 Å². The van der Waals surface area contributed by atoms with Crippen molar-refractivity contribution in [2.24, 2.45) is 0 Å². The van der Waals surface area contributed by atoms with Crippen molar-refractivity contribution in [3.63, 3.8) is 0 Å². The van der Waals surface area contributed by atoms with Gasteiger partial charge in [0.15, 0.2) is 0 Å². The number of halogens is 1. The molecule has 1 rings (SSSR count). The first-order valence-electron chi connectivity index (χ1n) is 4.96. The number of terminal acetylenes is 1. The molecule has 0 fully saturated rings. The third-order valence-electron chi connectivity index (χ3n) is 2.32. The van der Waals surface area contributed by atoms with E-state index in [9.17, 15) is 0 Å². The quantitative estimate of drug-likeness (QED) is 0.697. The van der Waals surface area contributed by atoms with Crippen LogP contribution in [0.5, 0.6) is 0 Å². The SMILES string of the molecule is C#CCC(CCC)c1cccc(Br)c1. The first kappa shape index (κ1) is 11.3. The molecule has 0 aliphatic rings. The van der Waals surface area contributed by atoms with Crippen LogP contribution < -0.4 is 0 Å². The number of hydrogen-bond donors (Lipinski definition) is 0. The summed E-state index contributed by atoms with van der Waals surface area (Å²) in [6.45, 7) is 2.20. The average Bonchev–Trinajstić information content (AvgIpc) is 2.17. The van der Waals surface area contributed by atoms with Crippen LogP contribution in [-0.2, 0) is 0 Å². The van der Waals surface area contributed by atoms with E-state index in [1.165, 1.54) is 18.4 Å². The van der Waals surface area contributed by atoms with E-state index in [4.69, 9.17) is 6.42 Å². The van der Waals surface area contributed by atoms with E-state index < -0.39 is 0 Å². The van der Waals surface area contributed by atoms with Gasteiger partial charge < -0.3 is 0 Å². The maximum absolute atomic E-state index is 5.37. The summed E-state index contributed by atoms with van der Waals surface area (Å²) in [6, 6.07) is 8.43. The number of hydrogen-bond acceptors (Lipinski definition) is 0. The predicted octanol–water partition coefficient (Wildman–Crippen LogP) is 4.36. The molecule has 1 unspecified atom stereocenters. The molecule has 14 heavy (non-hydrogen) atoms. The summed E-state index contributed by atoms with van der Waals surface area (Å²) in [7, 11) is 0. The highest BCUT2D eigenvalue weighted by molar-refractivity contribution is 9.10. The molecule has 1 atom stereocenters. The molecule has 1 heteroatoms. The Balaban J connectivity index is 2.82. The average molecular weight is 251 g/mol. The first-order valence-corrected chi connectivity index (χ1v) is 5.76. The maximum atomic E-state index is 5.37. The second kappa shape index (κ2) is 5.88. The molecule has 0 saturated carbocycles. The molecule has 0 spiro atoms. The van der Waals surface area contributed by atoms with E-state index in [0.29, 0.717) is 5.92 Å². The summed E-state index contributed by atoms with van der Waals surface area (Å²) in [4.78, 5) is 0. The molecule has 0 N–H and O–H groups in total. The van der Waals surface area contributed by atoms with Crippen molar-refractivity contribution in [3.8, 4) is 12.3 Å². The Labute approximate surface area is 94.9 Å². The highest BCUT2D eigenvalue weighted by Gasteiger charge is 2.08. The van der Waals surface area contributed by atoms with Gasteiger partial charge in [-0.1, -0.05) is 41.4 Å². The van der Waals surface area contributed by atoms with Gasteiger partial charge in [0.05, 0.1) is 0 Å². The standard InChI is InChI=1S/C13H15Br/c1-3-6-11(7-4-2)12-8-5-9-13(14)10-12/h1,5,8-11H,4,6-7H2,2H3. The van der Waals surface area contributed by atoms with Crippen LogP contribution in [0.1, 0.15) is 37.7 Å². The van der Waals surface area contributed by atoms with Crippen LogP contribution >= 0.6 is 15.9 Å². The van der Waals surface area contributed by atoms with E-state index >= 15 is 0 Å². The maximum Gasteiger partial charge on any atom is 0.0178 e. The van der Waals surface area contributed by atoms with Gasteiger partial charge in [-0.15, -0.1) is 12.3 Å². The third-order valence-corrected chi connectivity index (χ3v) is 2.81. The van der Waals surface area contributed by atoms with Gasteiger partial charge in [-0.25, -0.2) is 0 Å². The normalized spacial score (nSPS) is 12.1. The molecule has 74 valence electrons. The minimum atomic E-state index is 0.516. The lowest BCUT2D eigenvalue weighted by molar-refractivity contribution is 0.628. The van der Waals surface area contributed by atoms with Crippen molar-refractivity contribution in [2.45, 2.75) is 32.1 Å². The monoisotopic (exact) mass is 250 g/mol.